The van der Waals surface area contributed by atoms with Gasteiger partial charge in [-0.25, -0.2) is 0 Å². The Bertz CT molecular complexity index is 2200. The molecule has 1 aromatic heterocycles. The van der Waals surface area contributed by atoms with Crippen LogP contribution in [0.1, 0.15) is 11.5 Å². The summed E-state index contributed by atoms with van der Waals surface area (Å²) < 4.78 is 2.45. The van der Waals surface area contributed by atoms with E-state index >= 15 is 0 Å². The van der Waals surface area contributed by atoms with Gasteiger partial charge in [0.2, 0.25) is 0 Å². The van der Waals surface area contributed by atoms with Crippen molar-refractivity contribution in [1.82, 2.24) is 4.57 Å². The van der Waals surface area contributed by atoms with Crippen LogP contribution in [0.25, 0.3) is 49.0 Å². The lowest BCUT2D eigenvalue weighted by molar-refractivity contribution is 0.745. The first kappa shape index (κ1) is 21.8. The van der Waals surface area contributed by atoms with Gasteiger partial charge in [0.05, 0.1) is 17.1 Å². The summed E-state index contributed by atoms with van der Waals surface area (Å²) in [5.41, 5.74) is 7.60. The molecule has 40 heavy (non-hydrogen) atoms. The minimum atomic E-state index is 0.257. The van der Waals surface area contributed by atoms with E-state index in [2.05, 4.69) is 155 Å². The van der Waals surface area contributed by atoms with Crippen LogP contribution in [0.3, 0.4) is 0 Å². The third-order valence-electron chi connectivity index (χ3n) is 8.85. The van der Waals surface area contributed by atoms with Gasteiger partial charge in [-0.3, -0.25) is 0 Å². The average Bonchev–Trinajstić information content (AvgIpc) is 3.51. The van der Waals surface area contributed by atoms with Crippen LogP contribution in [0.2, 0.25) is 0 Å². The molecule has 9 rings (SSSR count). The van der Waals surface area contributed by atoms with Crippen LogP contribution < -0.4 is 4.90 Å². The Morgan fingerprint density at radius 3 is 1.93 bits per heavy atom. The fraction of sp³-hybridized carbons (Fsp3) is 0.0526. The Hall–Kier alpha value is -5.08. The molecule has 2 atom stereocenters. The highest BCUT2D eigenvalue weighted by molar-refractivity contribution is 6.11. The van der Waals surface area contributed by atoms with Crippen LogP contribution in [-0.4, -0.2) is 10.6 Å². The van der Waals surface area contributed by atoms with Crippen molar-refractivity contribution in [2.75, 3.05) is 4.90 Å². The molecule has 0 fully saturated rings. The van der Waals surface area contributed by atoms with E-state index in [9.17, 15) is 0 Å². The van der Waals surface area contributed by atoms with Gasteiger partial charge in [-0.05, 0) is 69.6 Å². The second-order valence-electron chi connectivity index (χ2n) is 11.0. The molecular formula is C38H26N2. The quantitative estimate of drug-likeness (QED) is 0.225. The highest BCUT2D eigenvalue weighted by atomic mass is 15.2. The molecule has 0 saturated heterocycles. The number of benzene rings is 6. The van der Waals surface area contributed by atoms with Gasteiger partial charge in [0.25, 0.3) is 0 Å². The number of rotatable bonds is 2. The highest BCUT2D eigenvalue weighted by Crippen LogP contribution is 2.50. The minimum absolute atomic E-state index is 0.257. The number of nitrogens with zero attached hydrogens (tertiary/aromatic N) is 2. The first-order valence-corrected chi connectivity index (χ1v) is 14.0. The maximum atomic E-state index is 2.55. The Balaban J connectivity index is 1.34. The summed E-state index contributed by atoms with van der Waals surface area (Å²) in [6.07, 6.45) is 9.14. The van der Waals surface area contributed by atoms with Crippen molar-refractivity contribution >= 4 is 54.7 Å². The average molecular weight is 511 g/mol. The SMILES string of the molecule is C1=CC2c3cc4c5ccccc5n(-c5ccc6ccccc6c5)c4cc3N(c3ccc4ccccc4c3)C2C=C1. The molecule has 1 aliphatic heterocycles. The van der Waals surface area contributed by atoms with Crippen LogP contribution >= 0.6 is 0 Å². The number of fused-ring (bicyclic) bond motifs is 8. The lowest BCUT2D eigenvalue weighted by Gasteiger charge is -2.29. The maximum absolute atomic E-state index is 2.55. The summed E-state index contributed by atoms with van der Waals surface area (Å²) in [6, 6.07) is 44.9. The Morgan fingerprint density at radius 1 is 0.475 bits per heavy atom. The molecular weight excluding hydrogens is 484 g/mol. The fourth-order valence-electron chi connectivity index (χ4n) is 7.02. The number of aromatic nitrogens is 1. The standard InChI is InChI=1S/C38H26N2/c1-3-11-27-21-29(19-17-25(27)9-1)39-35-15-7-5-13-31(35)33-23-34-32-14-6-8-16-36(32)40(38(34)24-37(33)39)30-20-18-26-10-2-4-12-28(26)22-30/h1-24,31,35H. The molecule has 0 amide bonds. The molecule has 7 aromatic rings. The third kappa shape index (κ3) is 3.05. The van der Waals surface area contributed by atoms with E-state index in [1.807, 2.05) is 0 Å². The van der Waals surface area contributed by atoms with Gasteiger partial charge in [-0.15, -0.1) is 0 Å². The fourth-order valence-corrected chi connectivity index (χ4v) is 7.02. The van der Waals surface area contributed by atoms with Gasteiger partial charge in [-0.1, -0.05) is 103 Å². The predicted octanol–water partition coefficient (Wildman–Crippen LogP) is 9.82. The first-order valence-electron chi connectivity index (χ1n) is 14.0. The largest absolute Gasteiger partial charge is 0.333 e. The topological polar surface area (TPSA) is 8.17 Å². The third-order valence-corrected chi connectivity index (χ3v) is 8.85. The van der Waals surface area contributed by atoms with Crippen LogP contribution in [0.5, 0.6) is 0 Å². The molecule has 0 radical (unpaired) electrons. The zero-order valence-corrected chi connectivity index (χ0v) is 21.9. The van der Waals surface area contributed by atoms with E-state index in [0.717, 1.165) is 0 Å². The van der Waals surface area contributed by atoms with E-state index in [4.69, 9.17) is 0 Å². The van der Waals surface area contributed by atoms with E-state index in [-0.39, 0.29) is 6.04 Å². The maximum Gasteiger partial charge on any atom is 0.0629 e. The minimum Gasteiger partial charge on any atom is -0.333 e. The first-order chi connectivity index (χ1) is 19.8. The van der Waals surface area contributed by atoms with E-state index in [0.29, 0.717) is 5.92 Å². The summed E-state index contributed by atoms with van der Waals surface area (Å²) in [4.78, 5) is 2.55. The molecule has 6 aromatic carbocycles. The lowest BCUT2D eigenvalue weighted by atomic mass is 9.90. The summed E-state index contributed by atoms with van der Waals surface area (Å²) in [5.74, 6) is 0.318. The van der Waals surface area contributed by atoms with Gasteiger partial charge < -0.3 is 9.47 Å². The second kappa shape index (κ2) is 8.21. The van der Waals surface area contributed by atoms with Gasteiger partial charge in [0, 0.05) is 33.8 Å². The number of anilines is 2. The predicted molar refractivity (Wildman–Crippen MR) is 169 cm³/mol. The summed E-state index contributed by atoms with van der Waals surface area (Å²) in [5, 5.41) is 7.66. The number of hydrogen-bond donors (Lipinski definition) is 0. The molecule has 0 bridgehead atoms. The van der Waals surface area contributed by atoms with Crippen molar-refractivity contribution in [2.24, 2.45) is 0 Å². The van der Waals surface area contributed by atoms with Crippen molar-refractivity contribution in [3.8, 4) is 5.69 Å². The van der Waals surface area contributed by atoms with Crippen LogP contribution in [0.15, 0.2) is 146 Å². The molecule has 0 spiro atoms. The molecule has 188 valence electrons. The molecule has 0 saturated carbocycles. The number of hydrogen-bond acceptors (Lipinski definition) is 1. The van der Waals surface area contributed by atoms with Crippen molar-refractivity contribution < 1.29 is 0 Å². The van der Waals surface area contributed by atoms with E-state index in [1.54, 1.807) is 0 Å². The lowest BCUT2D eigenvalue weighted by Crippen LogP contribution is -2.28. The van der Waals surface area contributed by atoms with Crippen molar-refractivity contribution in [3.05, 3.63) is 151 Å². The molecule has 2 heterocycles. The van der Waals surface area contributed by atoms with Crippen LogP contribution in [0.4, 0.5) is 11.4 Å². The number of para-hydroxylation sites is 1. The Morgan fingerprint density at radius 2 is 1.12 bits per heavy atom. The summed E-state index contributed by atoms with van der Waals surface area (Å²) in [7, 11) is 0. The zero-order valence-electron chi connectivity index (χ0n) is 21.9. The van der Waals surface area contributed by atoms with E-state index < -0.39 is 0 Å². The molecule has 2 aliphatic rings. The van der Waals surface area contributed by atoms with Crippen LogP contribution in [0, 0.1) is 0 Å². The second-order valence-corrected chi connectivity index (χ2v) is 11.0. The van der Waals surface area contributed by atoms with Gasteiger partial charge >= 0.3 is 0 Å². The molecule has 1 aliphatic carbocycles. The molecule has 2 unspecified atom stereocenters. The summed E-state index contributed by atoms with van der Waals surface area (Å²) in [6.45, 7) is 0. The zero-order chi connectivity index (χ0) is 26.2. The monoisotopic (exact) mass is 510 g/mol. The van der Waals surface area contributed by atoms with Crippen molar-refractivity contribution in [2.45, 2.75) is 12.0 Å². The Kier molecular flexibility index (Phi) is 4.48. The van der Waals surface area contributed by atoms with Crippen molar-refractivity contribution in [3.63, 3.8) is 0 Å². The molecule has 0 N–H and O–H groups in total. The van der Waals surface area contributed by atoms with Gasteiger partial charge in [-0.2, -0.15) is 0 Å². The Labute approximate surface area is 232 Å². The molecule has 2 heteroatoms. The number of allylic oxidation sites excluding steroid dienone is 2. The normalized spacial score (nSPS) is 17.8. The highest BCUT2D eigenvalue weighted by Gasteiger charge is 2.38. The van der Waals surface area contributed by atoms with Gasteiger partial charge in [0.1, 0.15) is 0 Å². The molecule has 2 nitrogen and oxygen atoms in total. The van der Waals surface area contributed by atoms with Crippen molar-refractivity contribution in [1.29, 1.82) is 0 Å². The summed E-state index contributed by atoms with van der Waals surface area (Å²) >= 11 is 0. The smallest absolute Gasteiger partial charge is 0.0629 e. The van der Waals surface area contributed by atoms with Gasteiger partial charge in [0.15, 0.2) is 0 Å². The van der Waals surface area contributed by atoms with Crippen LogP contribution in [-0.2, 0) is 0 Å². The van der Waals surface area contributed by atoms with E-state index in [1.165, 1.54) is 66.0 Å².